The zero-order chi connectivity index (χ0) is 13.9. The molecule has 0 aromatic rings. The second-order valence-corrected chi connectivity index (χ2v) is 4.43. The highest BCUT2D eigenvalue weighted by molar-refractivity contribution is 5.73. The molecule has 0 bridgehead atoms. The first-order chi connectivity index (χ1) is 9.29. The Hall–Kier alpha value is -0.690. The summed E-state index contributed by atoms with van der Waals surface area (Å²) in [5, 5.41) is 3.24. The van der Waals surface area contributed by atoms with Crippen LogP contribution in [0.4, 0.5) is 0 Å². The van der Waals surface area contributed by atoms with Crippen LogP contribution in [0.5, 0.6) is 0 Å². The van der Waals surface area contributed by atoms with Crippen molar-refractivity contribution in [3.05, 3.63) is 0 Å². The first kappa shape index (κ1) is 16.4. The topological polar surface area (TPSA) is 66.0 Å². The van der Waals surface area contributed by atoms with Crippen LogP contribution in [-0.4, -0.2) is 65.3 Å². The van der Waals surface area contributed by atoms with E-state index in [0.29, 0.717) is 46.1 Å². The molecule has 1 saturated heterocycles. The molecular formula is C13H25NO5. The number of hydrogen-bond acceptors (Lipinski definition) is 6. The van der Waals surface area contributed by atoms with Gasteiger partial charge in [0.25, 0.3) is 0 Å². The molecular weight excluding hydrogens is 250 g/mol. The summed E-state index contributed by atoms with van der Waals surface area (Å²) in [6, 6.07) is 0.0791. The fraction of sp³-hybridized carbons (Fsp3) is 0.923. The lowest BCUT2D eigenvalue weighted by Gasteiger charge is -2.17. The summed E-state index contributed by atoms with van der Waals surface area (Å²) in [7, 11) is 1.63. The standard InChI is InChI=1S/C13H25NO5/c1-3-14-12-10-18-9-11(12)13(15)19-6-4-5-17-8-7-16-2/h11-12,14H,3-10H2,1-2H3. The molecule has 0 radical (unpaired) electrons. The number of hydrogen-bond donors (Lipinski definition) is 1. The van der Waals surface area contributed by atoms with Gasteiger partial charge < -0.3 is 24.3 Å². The molecule has 1 heterocycles. The third kappa shape index (κ3) is 6.33. The molecule has 0 aromatic heterocycles. The van der Waals surface area contributed by atoms with Gasteiger partial charge in [-0.2, -0.15) is 0 Å². The molecule has 0 saturated carbocycles. The summed E-state index contributed by atoms with van der Waals surface area (Å²) in [5.41, 5.74) is 0. The lowest BCUT2D eigenvalue weighted by molar-refractivity contribution is -0.149. The van der Waals surface area contributed by atoms with Crippen molar-refractivity contribution in [3.63, 3.8) is 0 Å². The summed E-state index contributed by atoms with van der Waals surface area (Å²) >= 11 is 0. The Morgan fingerprint density at radius 3 is 2.84 bits per heavy atom. The molecule has 2 atom stereocenters. The number of carbonyl (C=O) groups is 1. The predicted molar refractivity (Wildman–Crippen MR) is 70.0 cm³/mol. The van der Waals surface area contributed by atoms with Gasteiger partial charge in [-0.1, -0.05) is 6.92 Å². The molecule has 0 spiro atoms. The van der Waals surface area contributed by atoms with Crippen molar-refractivity contribution in [2.45, 2.75) is 19.4 Å². The van der Waals surface area contributed by atoms with E-state index < -0.39 is 0 Å². The quantitative estimate of drug-likeness (QED) is 0.454. The first-order valence-corrected chi connectivity index (χ1v) is 6.84. The van der Waals surface area contributed by atoms with Crippen molar-refractivity contribution < 1.29 is 23.7 Å². The van der Waals surface area contributed by atoms with Gasteiger partial charge in [0.1, 0.15) is 0 Å². The lowest BCUT2D eigenvalue weighted by Crippen LogP contribution is -2.40. The van der Waals surface area contributed by atoms with Crippen LogP contribution >= 0.6 is 0 Å². The summed E-state index contributed by atoms with van der Waals surface area (Å²) in [5.74, 6) is -0.366. The summed E-state index contributed by atoms with van der Waals surface area (Å²) < 4.78 is 20.7. The Bertz CT molecular complexity index is 249. The monoisotopic (exact) mass is 275 g/mol. The van der Waals surface area contributed by atoms with Gasteiger partial charge in [0.2, 0.25) is 0 Å². The van der Waals surface area contributed by atoms with E-state index in [1.54, 1.807) is 7.11 Å². The van der Waals surface area contributed by atoms with Crippen LogP contribution in [0.25, 0.3) is 0 Å². The van der Waals surface area contributed by atoms with Crippen molar-refractivity contribution >= 4 is 5.97 Å². The maximum atomic E-state index is 11.9. The largest absolute Gasteiger partial charge is 0.465 e. The van der Waals surface area contributed by atoms with Crippen LogP contribution in [0.15, 0.2) is 0 Å². The van der Waals surface area contributed by atoms with E-state index in [1.165, 1.54) is 0 Å². The second kappa shape index (κ2) is 10.1. The summed E-state index contributed by atoms with van der Waals surface area (Å²) in [4.78, 5) is 11.9. The van der Waals surface area contributed by atoms with Gasteiger partial charge in [-0.3, -0.25) is 4.79 Å². The highest BCUT2D eigenvalue weighted by Crippen LogP contribution is 2.15. The summed E-state index contributed by atoms with van der Waals surface area (Å²) in [6.07, 6.45) is 0.703. The molecule has 0 amide bonds. The highest BCUT2D eigenvalue weighted by Gasteiger charge is 2.34. The van der Waals surface area contributed by atoms with Gasteiger partial charge in [-0.05, 0) is 6.54 Å². The smallest absolute Gasteiger partial charge is 0.312 e. The molecule has 0 aliphatic carbocycles. The molecule has 112 valence electrons. The SMILES string of the molecule is CCNC1COCC1C(=O)OCCCOCCOC. The molecule has 1 aliphatic rings. The minimum atomic E-state index is -0.186. The van der Waals surface area contributed by atoms with Gasteiger partial charge in [0.15, 0.2) is 0 Å². The van der Waals surface area contributed by atoms with Crippen LogP contribution in [0.1, 0.15) is 13.3 Å². The molecule has 2 unspecified atom stereocenters. The number of rotatable bonds is 10. The Kier molecular flexibility index (Phi) is 8.73. The normalized spacial score (nSPS) is 22.6. The van der Waals surface area contributed by atoms with E-state index in [4.69, 9.17) is 18.9 Å². The van der Waals surface area contributed by atoms with E-state index in [-0.39, 0.29) is 17.9 Å². The van der Waals surface area contributed by atoms with Crippen LogP contribution < -0.4 is 5.32 Å². The average Bonchev–Trinajstić information content (AvgIpc) is 2.86. The van der Waals surface area contributed by atoms with E-state index in [2.05, 4.69) is 5.32 Å². The number of esters is 1. The number of nitrogens with one attached hydrogen (secondary N) is 1. The Morgan fingerprint density at radius 2 is 2.11 bits per heavy atom. The molecule has 1 rings (SSSR count). The van der Waals surface area contributed by atoms with Gasteiger partial charge in [-0.25, -0.2) is 0 Å². The van der Waals surface area contributed by atoms with Gasteiger partial charge in [-0.15, -0.1) is 0 Å². The minimum Gasteiger partial charge on any atom is -0.465 e. The lowest BCUT2D eigenvalue weighted by atomic mass is 10.0. The average molecular weight is 275 g/mol. The molecule has 1 aliphatic heterocycles. The fourth-order valence-electron chi connectivity index (χ4n) is 1.94. The Morgan fingerprint density at radius 1 is 1.26 bits per heavy atom. The number of likely N-dealkylation sites (N-methyl/N-ethyl adjacent to an activating group) is 1. The first-order valence-electron chi connectivity index (χ1n) is 6.84. The van der Waals surface area contributed by atoms with Crippen LogP contribution in [0, 0.1) is 5.92 Å². The van der Waals surface area contributed by atoms with Crippen molar-refractivity contribution in [2.24, 2.45) is 5.92 Å². The molecule has 6 nitrogen and oxygen atoms in total. The Labute approximate surface area is 114 Å². The van der Waals surface area contributed by atoms with Crippen LogP contribution in [0.2, 0.25) is 0 Å². The van der Waals surface area contributed by atoms with Gasteiger partial charge >= 0.3 is 5.97 Å². The Balaban J connectivity index is 2.07. The molecule has 6 heteroatoms. The maximum absolute atomic E-state index is 11.9. The van der Waals surface area contributed by atoms with Crippen molar-refractivity contribution in [1.29, 1.82) is 0 Å². The third-order valence-electron chi connectivity index (χ3n) is 2.96. The fourth-order valence-corrected chi connectivity index (χ4v) is 1.94. The van der Waals surface area contributed by atoms with Crippen LogP contribution in [0.3, 0.4) is 0 Å². The zero-order valence-corrected chi connectivity index (χ0v) is 11.9. The third-order valence-corrected chi connectivity index (χ3v) is 2.96. The molecule has 0 aromatic carbocycles. The summed E-state index contributed by atoms with van der Waals surface area (Å²) in [6.45, 7) is 5.99. The number of ether oxygens (including phenoxy) is 4. The molecule has 1 N–H and O–H groups in total. The zero-order valence-electron chi connectivity index (χ0n) is 11.9. The van der Waals surface area contributed by atoms with Crippen LogP contribution in [-0.2, 0) is 23.7 Å². The van der Waals surface area contributed by atoms with Crippen molar-refractivity contribution in [2.75, 3.05) is 53.3 Å². The predicted octanol–water partition coefficient (Wildman–Crippen LogP) is 0.207. The van der Waals surface area contributed by atoms with E-state index in [1.807, 2.05) is 6.92 Å². The van der Waals surface area contributed by atoms with E-state index >= 15 is 0 Å². The second-order valence-electron chi connectivity index (χ2n) is 4.43. The van der Waals surface area contributed by atoms with Gasteiger partial charge in [0, 0.05) is 26.2 Å². The van der Waals surface area contributed by atoms with Crippen molar-refractivity contribution in [3.8, 4) is 0 Å². The van der Waals surface area contributed by atoms with Crippen molar-refractivity contribution in [1.82, 2.24) is 5.32 Å². The number of carbonyl (C=O) groups excluding carboxylic acids is 1. The minimum absolute atomic E-state index is 0.0791. The number of methoxy groups -OCH3 is 1. The molecule has 19 heavy (non-hydrogen) atoms. The maximum Gasteiger partial charge on any atom is 0.312 e. The van der Waals surface area contributed by atoms with E-state index in [0.717, 1.165) is 6.54 Å². The van der Waals surface area contributed by atoms with E-state index in [9.17, 15) is 4.79 Å². The van der Waals surface area contributed by atoms with Gasteiger partial charge in [0.05, 0.1) is 39.0 Å². The highest BCUT2D eigenvalue weighted by atomic mass is 16.5. The molecule has 1 fully saturated rings.